The fourth-order valence-electron chi connectivity index (χ4n) is 0.739. The second-order valence-electron chi connectivity index (χ2n) is 2.39. The van der Waals surface area contributed by atoms with Crippen molar-refractivity contribution in [2.75, 3.05) is 6.61 Å². The number of hydrogen-bond acceptors (Lipinski definition) is 4. The maximum Gasteiger partial charge on any atom is 0.336 e. The Balaban J connectivity index is 3.94. The zero-order valence-electron chi connectivity index (χ0n) is 6.96. The van der Waals surface area contributed by atoms with Crippen LogP contribution in [0.1, 0.15) is 26.7 Å². The number of rotatable bonds is 4. The standard InChI is InChI=1S/C7H15NO2S/c1-3-5-7(8,11)6(9)10-4-2/h11H,3-5,8H2,1-2H3. The van der Waals surface area contributed by atoms with Crippen LogP contribution in [0.2, 0.25) is 0 Å². The van der Waals surface area contributed by atoms with Crippen LogP contribution >= 0.6 is 12.6 Å². The maximum atomic E-state index is 11.0. The van der Waals surface area contributed by atoms with Gasteiger partial charge in [0.2, 0.25) is 0 Å². The Morgan fingerprint density at radius 1 is 1.64 bits per heavy atom. The summed E-state index contributed by atoms with van der Waals surface area (Å²) in [6, 6.07) is 0. The monoisotopic (exact) mass is 177 g/mol. The molecule has 66 valence electrons. The van der Waals surface area contributed by atoms with Crippen LogP contribution in [0.4, 0.5) is 0 Å². The third-order valence-corrected chi connectivity index (χ3v) is 1.67. The van der Waals surface area contributed by atoms with Crippen molar-refractivity contribution in [2.24, 2.45) is 5.73 Å². The predicted octanol–water partition coefficient (Wildman–Crippen LogP) is 0.934. The molecule has 0 aliphatic heterocycles. The van der Waals surface area contributed by atoms with Crippen LogP contribution in [0.25, 0.3) is 0 Å². The largest absolute Gasteiger partial charge is 0.464 e. The summed E-state index contributed by atoms with van der Waals surface area (Å²) in [5.41, 5.74) is 5.55. The number of hydrogen-bond donors (Lipinski definition) is 2. The van der Waals surface area contributed by atoms with E-state index >= 15 is 0 Å². The summed E-state index contributed by atoms with van der Waals surface area (Å²) in [4.78, 5) is 9.92. The molecule has 0 radical (unpaired) electrons. The summed E-state index contributed by atoms with van der Waals surface area (Å²) in [6.07, 6.45) is 1.35. The fraction of sp³-hybridized carbons (Fsp3) is 0.857. The van der Waals surface area contributed by atoms with Crippen molar-refractivity contribution in [3.63, 3.8) is 0 Å². The highest BCUT2D eigenvalue weighted by atomic mass is 32.1. The zero-order valence-corrected chi connectivity index (χ0v) is 7.86. The molecule has 0 aromatic rings. The van der Waals surface area contributed by atoms with Crippen LogP contribution in [-0.2, 0) is 9.53 Å². The second kappa shape index (κ2) is 4.62. The molecule has 0 rings (SSSR count). The number of esters is 1. The normalized spacial score (nSPS) is 15.6. The fourth-order valence-corrected chi connectivity index (χ4v) is 1.03. The van der Waals surface area contributed by atoms with Gasteiger partial charge < -0.3 is 10.5 Å². The second-order valence-corrected chi connectivity index (χ2v) is 3.19. The lowest BCUT2D eigenvalue weighted by Gasteiger charge is -2.19. The van der Waals surface area contributed by atoms with E-state index in [2.05, 4.69) is 12.6 Å². The molecule has 0 aliphatic carbocycles. The highest BCUT2D eigenvalue weighted by Gasteiger charge is 2.29. The minimum atomic E-state index is -1.11. The molecule has 0 aliphatic rings. The maximum absolute atomic E-state index is 11.0. The Kier molecular flexibility index (Phi) is 4.52. The van der Waals surface area contributed by atoms with Crippen molar-refractivity contribution in [3.05, 3.63) is 0 Å². The molecule has 0 saturated carbocycles. The van der Waals surface area contributed by atoms with Crippen molar-refractivity contribution in [1.82, 2.24) is 0 Å². The van der Waals surface area contributed by atoms with E-state index in [9.17, 15) is 4.79 Å². The number of carbonyl (C=O) groups excluding carboxylic acids is 1. The number of nitrogens with two attached hydrogens (primary N) is 1. The van der Waals surface area contributed by atoms with Gasteiger partial charge >= 0.3 is 5.97 Å². The van der Waals surface area contributed by atoms with Crippen molar-refractivity contribution < 1.29 is 9.53 Å². The molecule has 2 N–H and O–H groups in total. The smallest absolute Gasteiger partial charge is 0.336 e. The van der Waals surface area contributed by atoms with Gasteiger partial charge in [0, 0.05) is 0 Å². The molecule has 1 atom stereocenters. The Morgan fingerprint density at radius 2 is 2.18 bits per heavy atom. The van der Waals surface area contributed by atoms with Crippen molar-refractivity contribution in [1.29, 1.82) is 0 Å². The van der Waals surface area contributed by atoms with E-state index in [0.717, 1.165) is 6.42 Å². The van der Waals surface area contributed by atoms with Crippen LogP contribution < -0.4 is 5.73 Å². The van der Waals surface area contributed by atoms with Gasteiger partial charge in [-0.15, -0.1) is 12.6 Å². The quantitative estimate of drug-likeness (QED) is 0.381. The molecule has 0 heterocycles. The molecule has 0 bridgehead atoms. The molecule has 0 spiro atoms. The van der Waals surface area contributed by atoms with Crippen LogP contribution in [-0.4, -0.2) is 17.4 Å². The molecular formula is C7H15NO2S. The lowest BCUT2D eigenvalue weighted by Crippen LogP contribution is -2.43. The third-order valence-electron chi connectivity index (χ3n) is 1.26. The van der Waals surface area contributed by atoms with Crippen molar-refractivity contribution in [2.45, 2.75) is 31.6 Å². The lowest BCUT2D eigenvalue weighted by atomic mass is 10.2. The first-order valence-electron chi connectivity index (χ1n) is 3.73. The molecule has 0 fully saturated rings. The third kappa shape index (κ3) is 3.62. The Bertz CT molecular complexity index is 136. The molecule has 0 aromatic carbocycles. The molecule has 3 nitrogen and oxygen atoms in total. The highest BCUT2D eigenvalue weighted by Crippen LogP contribution is 2.15. The molecule has 4 heteroatoms. The van der Waals surface area contributed by atoms with Crippen LogP contribution in [0, 0.1) is 0 Å². The summed E-state index contributed by atoms with van der Waals surface area (Å²) in [5, 5.41) is 0. The summed E-state index contributed by atoms with van der Waals surface area (Å²) in [6.45, 7) is 4.03. The van der Waals surface area contributed by atoms with E-state index in [1.807, 2.05) is 6.92 Å². The Labute approximate surface area is 72.7 Å². The van der Waals surface area contributed by atoms with Gasteiger partial charge in [0.1, 0.15) is 0 Å². The van der Waals surface area contributed by atoms with Crippen LogP contribution in [0.3, 0.4) is 0 Å². The molecule has 0 aromatic heterocycles. The average molecular weight is 177 g/mol. The van der Waals surface area contributed by atoms with E-state index in [1.165, 1.54) is 0 Å². The van der Waals surface area contributed by atoms with Gasteiger partial charge in [-0.3, -0.25) is 0 Å². The summed E-state index contributed by atoms with van der Waals surface area (Å²) < 4.78 is 4.72. The van der Waals surface area contributed by atoms with Gasteiger partial charge in [-0.05, 0) is 13.3 Å². The molecule has 0 saturated heterocycles. The SMILES string of the molecule is CCCC(N)(S)C(=O)OCC. The Hall–Kier alpha value is -0.220. The van der Waals surface area contributed by atoms with Crippen LogP contribution in [0.5, 0.6) is 0 Å². The van der Waals surface area contributed by atoms with Gasteiger partial charge in [0.05, 0.1) is 6.61 Å². The number of carbonyl (C=O) groups is 1. The van der Waals surface area contributed by atoms with Crippen LogP contribution in [0.15, 0.2) is 0 Å². The average Bonchev–Trinajstić information content (AvgIpc) is 1.88. The van der Waals surface area contributed by atoms with E-state index in [4.69, 9.17) is 10.5 Å². The van der Waals surface area contributed by atoms with Gasteiger partial charge in [-0.1, -0.05) is 13.3 Å². The lowest BCUT2D eigenvalue weighted by molar-refractivity contribution is -0.146. The summed E-state index contributed by atoms with van der Waals surface area (Å²) in [5.74, 6) is -0.440. The molecule has 0 amide bonds. The van der Waals surface area contributed by atoms with E-state index in [1.54, 1.807) is 6.92 Å². The predicted molar refractivity (Wildman–Crippen MR) is 47.4 cm³/mol. The minimum absolute atomic E-state index is 0.349. The van der Waals surface area contributed by atoms with E-state index < -0.39 is 10.8 Å². The molecular weight excluding hydrogens is 162 g/mol. The molecule has 1 unspecified atom stereocenters. The Morgan fingerprint density at radius 3 is 2.55 bits per heavy atom. The first kappa shape index (κ1) is 10.8. The van der Waals surface area contributed by atoms with Crippen molar-refractivity contribution in [3.8, 4) is 0 Å². The van der Waals surface area contributed by atoms with Gasteiger partial charge in [0.25, 0.3) is 0 Å². The van der Waals surface area contributed by atoms with E-state index in [0.29, 0.717) is 13.0 Å². The van der Waals surface area contributed by atoms with Gasteiger partial charge in [-0.2, -0.15) is 0 Å². The summed E-state index contributed by atoms with van der Waals surface area (Å²) in [7, 11) is 0. The van der Waals surface area contributed by atoms with Crippen molar-refractivity contribution >= 4 is 18.6 Å². The molecule has 11 heavy (non-hydrogen) atoms. The first-order valence-corrected chi connectivity index (χ1v) is 4.17. The topological polar surface area (TPSA) is 52.3 Å². The van der Waals surface area contributed by atoms with Gasteiger partial charge in [-0.25, -0.2) is 4.79 Å². The zero-order chi connectivity index (χ0) is 8.91. The number of thiol groups is 1. The highest BCUT2D eigenvalue weighted by molar-refractivity contribution is 7.82. The van der Waals surface area contributed by atoms with Gasteiger partial charge in [0.15, 0.2) is 4.87 Å². The van der Waals surface area contributed by atoms with E-state index in [-0.39, 0.29) is 0 Å². The first-order chi connectivity index (χ1) is 5.04. The number of ether oxygens (including phenoxy) is 1. The summed E-state index contributed by atoms with van der Waals surface area (Å²) >= 11 is 4.00. The minimum Gasteiger partial charge on any atom is -0.464 e.